The Balaban J connectivity index is 2.53. The van der Waals surface area contributed by atoms with Crippen LogP contribution < -0.4 is 10.6 Å². The van der Waals surface area contributed by atoms with Crippen molar-refractivity contribution in [1.29, 1.82) is 0 Å². The number of amides is 1. The Hall–Kier alpha value is -2.08. The van der Waals surface area contributed by atoms with E-state index in [1.54, 1.807) is 19.1 Å². The Bertz CT molecular complexity index is 542. The molecule has 0 unspecified atom stereocenters. The van der Waals surface area contributed by atoms with Crippen molar-refractivity contribution >= 4 is 11.9 Å². The lowest BCUT2D eigenvalue weighted by Crippen LogP contribution is -2.53. The Morgan fingerprint density at radius 2 is 2.00 bits per heavy atom. The molecule has 1 amide bonds. The van der Waals surface area contributed by atoms with Crippen LogP contribution in [0.4, 0.5) is 0 Å². The Morgan fingerprint density at radius 3 is 2.60 bits per heavy atom. The van der Waals surface area contributed by atoms with Crippen LogP contribution in [0.1, 0.15) is 41.0 Å². The molecular formula is C19H30N2O4. The maximum Gasteiger partial charge on any atom is 0.303 e. The molecule has 25 heavy (non-hydrogen) atoms. The van der Waals surface area contributed by atoms with Crippen molar-refractivity contribution in [2.24, 2.45) is 5.92 Å². The largest absolute Gasteiger partial charge is 0.459 e. The Morgan fingerprint density at radius 1 is 1.32 bits per heavy atom. The van der Waals surface area contributed by atoms with Crippen LogP contribution in [0.2, 0.25) is 0 Å². The van der Waals surface area contributed by atoms with Gasteiger partial charge in [-0.05, 0) is 38.8 Å². The van der Waals surface area contributed by atoms with Crippen LogP contribution in [0, 0.1) is 5.92 Å². The number of hydrogen-bond acceptors (Lipinski definition) is 5. The number of carbonyl (C=O) groups excluding carboxylic acids is 2. The summed E-state index contributed by atoms with van der Waals surface area (Å²) in [4.78, 5) is 22.9. The summed E-state index contributed by atoms with van der Waals surface area (Å²) in [6.45, 7) is 12.7. The standard InChI is InChI=1S/C19H30N2O4/c1-7-12(2)11-20-19-13(3)10-17(15(5)25-19)21-18(23)9-8-14(4)24-16(6)22/h7-9,11,13-15,17,19-20H,1,10H2,2-6H3,(H,21,23)/b9-8-,12-11+/t13-,14-,15+,17+,19+/m0/s1. The van der Waals surface area contributed by atoms with E-state index in [0.717, 1.165) is 12.0 Å². The van der Waals surface area contributed by atoms with Crippen molar-refractivity contribution < 1.29 is 19.1 Å². The highest BCUT2D eigenvalue weighted by Crippen LogP contribution is 2.24. The van der Waals surface area contributed by atoms with Crippen molar-refractivity contribution in [3.8, 4) is 0 Å². The monoisotopic (exact) mass is 350 g/mol. The maximum absolute atomic E-state index is 12.1. The number of allylic oxidation sites excluding steroid dienone is 2. The van der Waals surface area contributed by atoms with Gasteiger partial charge in [0.25, 0.3) is 0 Å². The van der Waals surface area contributed by atoms with Crippen LogP contribution in [-0.4, -0.2) is 36.4 Å². The van der Waals surface area contributed by atoms with Crippen LogP contribution in [0.3, 0.4) is 0 Å². The summed E-state index contributed by atoms with van der Waals surface area (Å²) in [5, 5.41) is 6.21. The number of ether oxygens (including phenoxy) is 2. The lowest BCUT2D eigenvalue weighted by Gasteiger charge is -2.39. The number of rotatable bonds is 7. The van der Waals surface area contributed by atoms with E-state index in [1.807, 2.05) is 20.0 Å². The maximum atomic E-state index is 12.1. The van der Waals surface area contributed by atoms with E-state index in [9.17, 15) is 9.59 Å². The van der Waals surface area contributed by atoms with E-state index in [1.165, 1.54) is 13.0 Å². The molecule has 6 heteroatoms. The molecule has 1 rings (SSSR count). The lowest BCUT2D eigenvalue weighted by atomic mass is 9.93. The SMILES string of the molecule is C=C/C(C)=C/N[C@@H]1O[C@H](C)[C@H](NC(=O)/C=C\[C@H](C)OC(C)=O)C[C@@H]1C. The summed E-state index contributed by atoms with van der Waals surface area (Å²) in [7, 11) is 0. The molecule has 5 atom stereocenters. The van der Waals surface area contributed by atoms with E-state index in [0.29, 0.717) is 0 Å². The highest BCUT2D eigenvalue weighted by atomic mass is 16.5. The lowest BCUT2D eigenvalue weighted by molar-refractivity contribution is -0.143. The van der Waals surface area contributed by atoms with Crippen molar-refractivity contribution in [2.45, 2.75) is 65.5 Å². The van der Waals surface area contributed by atoms with Gasteiger partial charge in [-0.3, -0.25) is 9.59 Å². The average Bonchev–Trinajstić information content (AvgIpc) is 2.53. The highest BCUT2D eigenvalue weighted by Gasteiger charge is 2.33. The number of nitrogens with one attached hydrogen (secondary N) is 2. The third kappa shape index (κ3) is 7.56. The normalized spacial score (nSPS) is 28.3. The van der Waals surface area contributed by atoms with E-state index >= 15 is 0 Å². The molecule has 2 N–H and O–H groups in total. The Labute approximate surface area is 150 Å². The van der Waals surface area contributed by atoms with Crippen molar-refractivity contribution in [2.75, 3.05) is 0 Å². The van der Waals surface area contributed by atoms with Gasteiger partial charge in [0.15, 0.2) is 0 Å². The fourth-order valence-electron chi connectivity index (χ4n) is 2.58. The van der Waals surface area contributed by atoms with Gasteiger partial charge < -0.3 is 20.1 Å². The van der Waals surface area contributed by atoms with Gasteiger partial charge in [-0.1, -0.05) is 19.6 Å². The summed E-state index contributed by atoms with van der Waals surface area (Å²) in [5.41, 5.74) is 1.03. The molecule has 0 aromatic rings. The molecule has 0 aromatic heterocycles. The number of hydrogen-bond donors (Lipinski definition) is 2. The quantitative estimate of drug-likeness (QED) is 0.419. The molecule has 1 heterocycles. The molecule has 0 saturated carbocycles. The first-order valence-corrected chi connectivity index (χ1v) is 8.59. The second-order valence-corrected chi connectivity index (χ2v) is 6.52. The van der Waals surface area contributed by atoms with Crippen LogP contribution >= 0.6 is 0 Å². The average molecular weight is 350 g/mol. The van der Waals surface area contributed by atoms with E-state index in [4.69, 9.17) is 9.47 Å². The van der Waals surface area contributed by atoms with Crippen LogP contribution in [0.5, 0.6) is 0 Å². The molecule has 0 aromatic carbocycles. The smallest absolute Gasteiger partial charge is 0.303 e. The minimum atomic E-state index is -0.435. The molecule has 0 spiro atoms. The minimum absolute atomic E-state index is 0.0706. The molecule has 1 saturated heterocycles. The van der Waals surface area contributed by atoms with Gasteiger partial charge in [0, 0.05) is 25.1 Å². The first-order valence-electron chi connectivity index (χ1n) is 8.59. The summed E-state index contributed by atoms with van der Waals surface area (Å²) in [5.74, 6) is -0.361. The Kier molecular flexibility index (Phi) is 8.41. The molecule has 6 nitrogen and oxygen atoms in total. The predicted octanol–water partition coefficient (Wildman–Crippen LogP) is 2.43. The van der Waals surface area contributed by atoms with Gasteiger partial charge in [-0.2, -0.15) is 0 Å². The molecule has 1 aliphatic rings. The molecule has 0 bridgehead atoms. The third-order valence-electron chi connectivity index (χ3n) is 4.07. The first-order chi connectivity index (χ1) is 11.7. The molecule has 1 aliphatic heterocycles. The number of esters is 1. The summed E-state index contributed by atoms with van der Waals surface area (Å²) >= 11 is 0. The van der Waals surface area contributed by atoms with Crippen molar-refractivity contribution in [3.63, 3.8) is 0 Å². The molecule has 140 valence electrons. The van der Waals surface area contributed by atoms with Crippen LogP contribution in [-0.2, 0) is 19.1 Å². The summed E-state index contributed by atoms with van der Waals surface area (Å²) in [6.07, 6.45) is 6.77. The van der Waals surface area contributed by atoms with Gasteiger partial charge in [0.1, 0.15) is 12.3 Å². The second-order valence-electron chi connectivity index (χ2n) is 6.52. The third-order valence-corrected chi connectivity index (χ3v) is 4.07. The fourth-order valence-corrected chi connectivity index (χ4v) is 2.58. The first kappa shape index (κ1) is 21.0. The van der Waals surface area contributed by atoms with Gasteiger partial charge in [0.2, 0.25) is 5.91 Å². The predicted molar refractivity (Wildman–Crippen MR) is 97.5 cm³/mol. The van der Waals surface area contributed by atoms with E-state index < -0.39 is 6.10 Å². The molecular weight excluding hydrogens is 320 g/mol. The van der Waals surface area contributed by atoms with Gasteiger partial charge in [-0.15, -0.1) is 0 Å². The second kappa shape index (κ2) is 10.0. The van der Waals surface area contributed by atoms with Gasteiger partial charge in [0.05, 0.1) is 12.1 Å². The molecule has 0 radical (unpaired) electrons. The van der Waals surface area contributed by atoms with Gasteiger partial charge >= 0.3 is 5.97 Å². The highest BCUT2D eigenvalue weighted by molar-refractivity contribution is 5.87. The van der Waals surface area contributed by atoms with Crippen LogP contribution in [0.25, 0.3) is 0 Å². The van der Waals surface area contributed by atoms with Gasteiger partial charge in [-0.25, -0.2) is 0 Å². The fraction of sp³-hybridized carbons (Fsp3) is 0.579. The zero-order chi connectivity index (χ0) is 19.0. The van der Waals surface area contributed by atoms with Crippen LogP contribution in [0.15, 0.2) is 36.6 Å². The zero-order valence-electron chi connectivity index (χ0n) is 15.7. The summed E-state index contributed by atoms with van der Waals surface area (Å²) in [6, 6.07) is -0.0706. The molecule has 1 fully saturated rings. The van der Waals surface area contributed by atoms with E-state index in [2.05, 4.69) is 24.1 Å². The van der Waals surface area contributed by atoms with E-state index in [-0.39, 0.29) is 36.2 Å². The van der Waals surface area contributed by atoms with Crippen molar-refractivity contribution in [3.05, 3.63) is 36.6 Å². The summed E-state index contributed by atoms with van der Waals surface area (Å²) < 4.78 is 10.9. The zero-order valence-corrected chi connectivity index (χ0v) is 15.7. The topological polar surface area (TPSA) is 76.7 Å². The molecule has 0 aliphatic carbocycles. The van der Waals surface area contributed by atoms with Crippen molar-refractivity contribution in [1.82, 2.24) is 10.6 Å². The number of carbonyl (C=O) groups is 2. The minimum Gasteiger partial charge on any atom is -0.459 e.